The van der Waals surface area contributed by atoms with Gasteiger partial charge in [-0.3, -0.25) is 4.79 Å². The van der Waals surface area contributed by atoms with Gasteiger partial charge in [-0.25, -0.2) is 0 Å². The number of Topliss-reactive ketones (excluding diaryl/α,β-unsaturated/α-hetero) is 1. The van der Waals surface area contributed by atoms with Crippen LogP contribution < -0.4 is 15.8 Å². The molecule has 3 aromatic carbocycles. The number of fused-ring (bicyclic) bond motifs is 5. The van der Waals surface area contributed by atoms with Crippen molar-refractivity contribution in [3.63, 3.8) is 0 Å². The van der Waals surface area contributed by atoms with Gasteiger partial charge in [0.05, 0.1) is 4.88 Å². The van der Waals surface area contributed by atoms with Gasteiger partial charge in [-0.15, -0.1) is 11.3 Å². The van der Waals surface area contributed by atoms with E-state index < -0.39 is 0 Å². The van der Waals surface area contributed by atoms with Gasteiger partial charge in [0.1, 0.15) is 0 Å². The zero-order chi connectivity index (χ0) is 25.7. The van der Waals surface area contributed by atoms with Crippen LogP contribution in [0.1, 0.15) is 27.2 Å². The molecule has 186 valence electrons. The fourth-order valence-corrected chi connectivity index (χ4v) is 6.36. The second-order valence-corrected chi connectivity index (χ2v) is 10.7. The third kappa shape index (κ3) is 4.98. The largest absolute Gasteiger partial charge is 0.368 e. The predicted octanol–water partition coefficient (Wildman–Crippen LogP) is 6.82. The van der Waals surface area contributed by atoms with Gasteiger partial charge in [-0.05, 0) is 81.8 Å². The highest BCUT2D eigenvalue weighted by atomic mass is 32.1. The number of carbonyl (C=O) groups is 1. The van der Waals surface area contributed by atoms with E-state index in [1.54, 1.807) is 11.3 Å². The van der Waals surface area contributed by atoms with Crippen LogP contribution in [0.15, 0.2) is 116 Å². The highest BCUT2D eigenvalue weighted by Crippen LogP contribution is 2.31. The van der Waals surface area contributed by atoms with Gasteiger partial charge in [0.25, 0.3) is 0 Å². The van der Waals surface area contributed by atoms with Crippen molar-refractivity contribution in [3.8, 4) is 21.6 Å². The first kappa shape index (κ1) is 24.1. The molecule has 4 aromatic rings. The van der Waals surface area contributed by atoms with Gasteiger partial charge >= 0.3 is 0 Å². The van der Waals surface area contributed by atoms with E-state index in [1.165, 1.54) is 38.3 Å². The lowest BCUT2D eigenvalue weighted by molar-refractivity contribution is 0.0951. The molecular formula is C35H29NOS. The molecule has 3 aliphatic rings. The highest BCUT2D eigenvalue weighted by molar-refractivity contribution is 7.17. The smallest absolute Gasteiger partial charge is 0.179 e. The molecule has 2 heterocycles. The van der Waals surface area contributed by atoms with Crippen LogP contribution in [0, 0.1) is 5.92 Å². The highest BCUT2D eigenvalue weighted by Gasteiger charge is 2.24. The van der Waals surface area contributed by atoms with E-state index >= 15 is 0 Å². The first-order valence-electron chi connectivity index (χ1n) is 13.1. The molecule has 2 aliphatic carbocycles. The molecule has 0 saturated carbocycles. The summed E-state index contributed by atoms with van der Waals surface area (Å²) in [5.74, 6) is 0.207. The molecule has 0 bridgehead atoms. The first-order valence-corrected chi connectivity index (χ1v) is 14.0. The Labute approximate surface area is 227 Å². The average molecular weight is 512 g/mol. The summed E-state index contributed by atoms with van der Waals surface area (Å²) in [5, 5.41) is 5.51. The maximum Gasteiger partial charge on any atom is 0.179 e. The van der Waals surface area contributed by atoms with E-state index in [0.717, 1.165) is 29.0 Å². The normalized spacial score (nSPS) is 16.3. The SMILES string of the molecule is C1=CC=CNC=C1.O=C(c1ccc(-c2ccccc2)s1)C1C=c2c(ccc3c2=CCc2ccccc2-3)CC1. The number of carbonyl (C=O) groups excluding carboxylic acids is 1. The minimum atomic E-state index is -0.0492. The van der Waals surface area contributed by atoms with Gasteiger partial charge in [-0.2, -0.15) is 0 Å². The number of benzene rings is 3. The summed E-state index contributed by atoms with van der Waals surface area (Å²) in [5.41, 5.74) is 6.55. The molecule has 1 N–H and O–H groups in total. The topological polar surface area (TPSA) is 29.1 Å². The number of hydrogen-bond donors (Lipinski definition) is 1. The number of hydrogen-bond acceptors (Lipinski definition) is 3. The van der Waals surface area contributed by atoms with Crippen molar-refractivity contribution in [2.24, 2.45) is 5.92 Å². The third-order valence-corrected chi connectivity index (χ3v) is 8.41. The van der Waals surface area contributed by atoms with Gasteiger partial charge in [0, 0.05) is 23.2 Å². The average Bonchev–Trinajstić information content (AvgIpc) is 3.29. The van der Waals surface area contributed by atoms with Crippen LogP contribution in [-0.4, -0.2) is 5.78 Å². The van der Waals surface area contributed by atoms with Crippen molar-refractivity contribution in [3.05, 3.63) is 142 Å². The van der Waals surface area contributed by atoms with E-state index in [0.29, 0.717) is 0 Å². The number of nitrogens with one attached hydrogen (secondary N) is 1. The molecule has 0 radical (unpaired) electrons. The zero-order valence-corrected chi connectivity index (χ0v) is 22.0. The van der Waals surface area contributed by atoms with Crippen LogP contribution in [0.3, 0.4) is 0 Å². The third-order valence-electron chi connectivity index (χ3n) is 7.27. The van der Waals surface area contributed by atoms with Crippen molar-refractivity contribution >= 4 is 29.3 Å². The molecule has 2 nitrogen and oxygen atoms in total. The molecule has 38 heavy (non-hydrogen) atoms. The second kappa shape index (κ2) is 11.0. The van der Waals surface area contributed by atoms with Crippen molar-refractivity contribution < 1.29 is 4.79 Å². The number of aryl methyl sites for hydroxylation is 1. The summed E-state index contributed by atoms with van der Waals surface area (Å²) in [6, 6.07) is 27.6. The van der Waals surface area contributed by atoms with E-state index in [1.807, 2.05) is 61.0 Å². The quantitative estimate of drug-likeness (QED) is 0.306. The molecule has 1 aliphatic heterocycles. The summed E-state index contributed by atoms with van der Waals surface area (Å²) in [4.78, 5) is 15.4. The molecular weight excluding hydrogens is 482 g/mol. The maximum atomic E-state index is 13.4. The molecule has 0 spiro atoms. The van der Waals surface area contributed by atoms with Crippen molar-refractivity contribution in [1.29, 1.82) is 0 Å². The van der Waals surface area contributed by atoms with Gasteiger partial charge in [-0.1, -0.05) is 91.0 Å². The summed E-state index contributed by atoms with van der Waals surface area (Å²) in [7, 11) is 0. The summed E-state index contributed by atoms with van der Waals surface area (Å²) in [6.45, 7) is 0. The van der Waals surface area contributed by atoms with Crippen LogP contribution >= 0.6 is 11.3 Å². The lowest BCUT2D eigenvalue weighted by atomic mass is 9.83. The summed E-state index contributed by atoms with van der Waals surface area (Å²) < 4.78 is 0. The summed E-state index contributed by atoms with van der Waals surface area (Å²) >= 11 is 1.61. The molecule has 0 saturated heterocycles. The zero-order valence-electron chi connectivity index (χ0n) is 21.1. The van der Waals surface area contributed by atoms with Crippen LogP contribution in [0.25, 0.3) is 33.7 Å². The van der Waals surface area contributed by atoms with Crippen LogP contribution in [-0.2, 0) is 12.8 Å². The Bertz CT molecular complexity index is 1670. The second-order valence-electron chi connectivity index (χ2n) is 9.64. The Morgan fingerprint density at radius 3 is 2.37 bits per heavy atom. The van der Waals surface area contributed by atoms with E-state index in [4.69, 9.17) is 0 Å². The van der Waals surface area contributed by atoms with Crippen molar-refractivity contribution in [2.75, 3.05) is 0 Å². The lowest BCUT2D eigenvalue weighted by Gasteiger charge is -2.21. The molecule has 3 heteroatoms. The Balaban J connectivity index is 0.000000330. The minimum Gasteiger partial charge on any atom is -0.368 e. The Hall–Kier alpha value is -4.21. The Morgan fingerprint density at radius 2 is 1.53 bits per heavy atom. The number of rotatable bonds is 3. The minimum absolute atomic E-state index is 0.0492. The fraction of sp³-hybridized carbons (Fsp3) is 0.114. The van der Waals surface area contributed by atoms with Crippen molar-refractivity contribution in [1.82, 2.24) is 5.32 Å². The Morgan fingerprint density at radius 1 is 0.737 bits per heavy atom. The number of thiophene rings is 1. The fourth-order valence-electron chi connectivity index (χ4n) is 5.34. The van der Waals surface area contributed by atoms with E-state index in [-0.39, 0.29) is 11.7 Å². The van der Waals surface area contributed by atoms with Crippen LogP contribution in [0.4, 0.5) is 0 Å². The van der Waals surface area contributed by atoms with Crippen LogP contribution in [0.2, 0.25) is 0 Å². The monoisotopic (exact) mass is 511 g/mol. The first-order chi connectivity index (χ1) is 18.8. The van der Waals surface area contributed by atoms with E-state index in [9.17, 15) is 4.79 Å². The Kier molecular flexibility index (Phi) is 7.01. The predicted molar refractivity (Wildman–Crippen MR) is 160 cm³/mol. The number of ketones is 1. The molecule has 0 fully saturated rings. The van der Waals surface area contributed by atoms with Gasteiger partial charge in [0.2, 0.25) is 0 Å². The molecule has 0 amide bonds. The standard InChI is InChI=1S/C29H22OS.C6H7N/c30-29(28-17-16-27(31-28)21-7-2-1-3-8-21)22-11-10-20-13-14-24-23-9-5-4-6-19(23)12-15-25(24)26(20)18-22;1-2-4-6-7-5-3-1/h1-9,13-18,22H,10-12H2;1-7H. The summed E-state index contributed by atoms with van der Waals surface area (Å²) in [6.07, 6.45) is 19.0. The molecule has 1 atom stereocenters. The number of allylic oxidation sites excluding steroid dienone is 4. The lowest BCUT2D eigenvalue weighted by Crippen LogP contribution is -2.36. The molecule has 1 aromatic heterocycles. The van der Waals surface area contributed by atoms with Gasteiger partial charge in [0.15, 0.2) is 5.78 Å². The maximum absolute atomic E-state index is 13.4. The van der Waals surface area contributed by atoms with Gasteiger partial charge < -0.3 is 5.32 Å². The van der Waals surface area contributed by atoms with E-state index in [2.05, 4.69) is 72.1 Å². The molecule has 7 rings (SSSR count). The van der Waals surface area contributed by atoms with Crippen LogP contribution in [0.5, 0.6) is 0 Å². The van der Waals surface area contributed by atoms with Crippen molar-refractivity contribution in [2.45, 2.75) is 19.3 Å². The molecule has 1 unspecified atom stereocenters.